The van der Waals surface area contributed by atoms with Crippen LogP contribution in [0, 0.1) is 10.1 Å². The Balaban J connectivity index is 2.09. The van der Waals surface area contributed by atoms with Crippen LogP contribution in [0.2, 0.25) is 0 Å². The van der Waals surface area contributed by atoms with Gasteiger partial charge in [-0.05, 0) is 18.1 Å². The van der Waals surface area contributed by atoms with Gasteiger partial charge in [0.25, 0.3) is 5.69 Å². The van der Waals surface area contributed by atoms with Gasteiger partial charge in [-0.15, -0.1) is 0 Å². The largest absolute Gasteiger partial charge is 0.394 e. The molecule has 2 atom stereocenters. The Labute approximate surface area is 123 Å². The van der Waals surface area contributed by atoms with E-state index in [1.165, 1.54) is 12.1 Å². The number of aliphatic hydroxyl groups is 1. The van der Waals surface area contributed by atoms with Crippen molar-refractivity contribution in [2.45, 2.75) is 19.0 Å². The fourth-order valence-corrected chi connectivity index (χ4v) is 2.22. The van der Waals surface area contributed by atoms with E-state index in [0.717, 1.165) is 11.1 Å². The number of nitrogens with one attached hydrogen (secondary N) is 1. The monoisotopic (exact) mass is 286 g/mol. The normalized spacial score (nSPS) is 13.6. The molecule has 0 aromatic heterocycles. The minimum Gasteiger partial charge on any atom is -0.394 e. The molecule has 0 aliphatic heterocycles. The van der Waals surface area contributed by atoms with Crippen molar-refractivity contribution in [1.29, 1.82) is 0 Å². The highest BCUT2D eigenvalue weighted by molar-refractivity contribution is 5.34. The molecule has 2 rings (SSSR count). The number of nitrogens with zero attached hydrogens (tertiary/aromatic N) is 1. The van der Waals surface area contributed by atoms with Crippen LogP contribution in [-0.2, 0) is 0 Å². The van der Waals surface area contributed by atoms with Gasteiger partial charge in [0, 0.05) is 18.2 Å². The Kier molecular flexibility index (Phi) is 5.03. The zero-order chi connectivity index (χ0) is 15.2. The van der Waals surface area contributed by atoms with Crippen LogP contribution in [0.15, 0.2) is 54.6 Å². The van der Waals surface area contributed by atoms with E-state index in [-0.39, 0.29) is 24.4 Å². The standard InChI is InChI=1S/C16H18N2O3/c1-12(13-7-9-15(10-8-13)18(20)21)17-16(11-19)14-5-3-2-4-6-14/h2-10,12,16-17,19H,11H2,1H3/t12?,16-/m1/s1. The van der Waals surface area contributed by atoms with Gasteiger partial charge in [0.1, 0.15) is 0 Å². The van der Waals surface area contributed by atoms with E-state index >= 15 is 0 Å². The van der Waals surface area contributed by atoms with Crippen LogP contribution in [0.3, 0.4) is 0 Å². The van der Waals surface area contributed by atoms with Crippen molar-refractivity contribution >= 4 is 5.69 Å². The first kappa shape index (κ1) is 15.2. The van der Waals surface area contributed by atoms with Crippen molar-refractivity contribution in [3.05, 3.63) is 75.8 Å². The summed E-state index contributed by atoms with van der Waals surface area (Å²) in [6.45, 7) is 1.95. The third-order valence-corrected chi connectivity index (χ3v) is 3.44. The molecule has 0 fully saturated rings. The second-order valence-electron chi connectivity index (χ2n) is 4.88. The molecular formula is C16H18N2O3. The van der Waals surface area contributed by atoms with Gasteiger partial charge in [0.05, 0.1) is 17.6 Å². The summed E-state index contributed by atoms with van der Waals surface area (Å²) in [5.41, 5.74) is 2.02. The molecule has 2 aromatic carbocycles. The number of nitro groups is 1. The van der Waals surface area contributed by atoms with E-state index in [0.29, 0.717) is 0 Å². The highest BCUT2D eigenvalue weighted by Gasteiger charge is 2.15. The van der Waals surface area contributed by atoms with Crippen LogP contribution in [0.25, 0.3) is 0 Å². The summed E-state index contributed by atoms with van der Waals surface area (Å²) in [6, 6.07) is 15.9. The smallest absolute Gasteiger partial charge is 0.269 e. The summed E-state index contributed by atoms with van der Waals surface area (Å²) in [6.07, 6.45) is 0. The average Bonchev–Trinajstić information content (AvgIpc) is 2.53. The van der Waals surface area contributed by atoms with E-state index in [4.69, 9.17) is 0 Å². The molecule has 1 unspecified atom stereocenters. The van der Waals surface area contributed by atoms with E-state index in [1.807, 2.05) is 37.3 Å². The van der Waals surface area contributed by atoms with Crippen molar-refractivity contribution < 1.29 is 10.0 Å². The predicted molar refractivity (Wildman–Crippen MR) is 80.9 cm³/mol. The number of hydrogen-bond acceptors (Lipinski definition) is 4. The summed E-state index contributed by atoms with van der Waals surface area (Å²) in [7, 11) is 0. The summed E-state index contributed by atoms with van der Waals surface area (Å²) in [5.74, 6) is 0. The number of nitro benzene ring substituents is 1. The van der Waals surface area contributed by atoms with Crippen LogP contribution < -0.4 is 5.32 Å². The minimum absolute atomic E-state index is 0.0126. The number of benzene rings is 2. The first-order valence-corrected chi connectivity index (χ1v) is 6.78. The maximum atomic E-state index is 10.6. The fraction of sp³-hybridized carbons (Fsp3) is 0.250. The Morgan fingerprint density at radius 2 is 1.71 bits per heavy atom. The van der Waals surface area contributed by atoms with Crippen LogP contribution in [0.5, 0.6) is 0 Å². The van der Waals surface area contributed by atoms with E-state index in [1.54, 1.807) is 12.1 Å². The first-order chi connectivity index (χ1) is 10.1. The maximum absolute atomic E-state index is 10.6. The van der Waals surface area contributed by atoms with E-state index in [9.17, 15) is 15.2 Å². The van der Waals surface area contributed by atoms with Gasteiger partial charge >= 0.3 is 0 Å². The molecule has 0 saturated carbocycles. The Hall–Kier alpha value is -2.24. The highest BCUT2D eigenvalue weighted by atomic mass is 16.6. The maximum Gasteiger partial charge on any atom is 0.269 e. The topological polar surface area (TPSA) is 75.4 Å². The number of rotatable bonds is 6. The van der Waals surface area contributed by atoms with E-state index in [2.05, 4.69) is 5.32 Å². The molecule has 21 heavy (non-hydrogen) atoms. The molecule has 0 aliphatic rings. The highest BCUT2D eigenvalue weighted by Crippen LogP contribution is 2.21. The zero-order valence-corrected chi connectivity index (χ0v) is 11.8. The van der Waals surface area contributed by atoms with Crippen molar-refractivity contribution in [1.82, 2.24) is 5.32 Å². The molecule has 2 aromatic rings. The third kappa shape index (κ3) is 3.87. The molecule has 0 bridgehead atoms. The fourth-order valence-electron chi connectivity index (χ4n) is 2.22. The predicted octanol–water partition coefficient (Wildman–Crippen LogP) is 2.98. The molecule has 5 heteroatoms. The molecule has 0 amide bonds. The summed E-state index contributed by atoms with van der Waals surface area (Å²) in [5, 5.41) is 23.5. The van der Waals surface area contributed by atoms with Gasteiger partial charge < -0.3 is 10.4 Å². The lowest BCUT2D eigenvalue weighted by Gasteiger charge is -2.22. The van der Waals surface area contributed by atoms with Crippen molar-refractivity contribution in [3.8, 4) is 0 Å². The Morgan fingerprint density at radius 3 is 2.24 bits per heavy atom. The molecule has 0 aliphatic carbocycles. The number of hydrogen-bond donors (Lipinski definition) is 2. The van der Waals surface area contributed by atoms with Gasteiger partial charge in [-0.2, -0.15) is 0 Å². The summed E-state index contributed by atoms with van der Waals surface area (Å²) < 4.78 is 0. The van der Waals surface area contributed by atoms with Gasteiger partial charge in [-0.25, -0.2) is 0 Å². The van der Waals surface area contributed by atoms with E-state index < -0.39 is 4.92 Å². The van der Waals surface area contributed by atoms with Crippen LogP contribution in [0.1, 0.15) is 30.1 Å². The summed E-state index contributed by atoms with van der Waals surface area (Å²) in [4.78, 5) is 10.2. The average molecular weight is 286 g/mol. The lowest BCUT2D eigenvalue weighted by molar-refractivity contribution is -0.384. The van der Waals surface area contributed by atoms with Crippen molar-refractivity contribution in [3.63, 3.8) is 0 Å². The van der Waals surface area contributed by atoms with Gasteiger partial charge in [-0.3, -0.25) is 10.1 Å². The lowest BCUT2D eigenvalue weighted by Crippen LogP contribution is -2.27. The molecule has 5 nitrogen and oxygen atoms in total. The molecule has 0 radical (unpaired) electrons. The quantitative estimate of drug-likeness (QED) is 0.632. The molecule has 0 saturated heterocycles. The van der Waals surface area contributed by atoms with Gasteiger partial charge in [-0.1, -0.05) is 42.5 Å². The molecule has 0 spiro atoms. The van der Waals surface area contributed by atoms with Crippen LogP contribution in [-0.4, -0.2) is 16.6 Å². The first-order valence-electron chi connectivity index (χ1n) is 6.78. The number of non-ortho nitro benzene ring substituents is 1. The molecule has 110 valence electrons. The lowest BCUT2D eigenvalue weighted by atomic mass is 10.0. The van der Waals surface area contributed by atoms with Crippen LogP contribution in [0.4, 0.5) is 5.69 Å². The molecule has 0 heterocycles. The SMILES string of the molecule is CC(N[C@H](CO)c1ccccc1)c1ccc([N+](=O)[O-])cc1. The molecule has 2 N–H and O–H groups in total. The minimum atomic E-state index is -0.414. The molecular weight excluding hydrogens is 268 g/mol. The van der Waals surface area contributed by atoms with Gasteiger partial charge in [0.2, 0.25) is 0 Å². The number of aliphatic hydroxyl groups excluding tert-OH is 1. The van der Waals surface area contributed by atoms with Gasteiger partial charge in [0.15, 0.2) is 0 Å². The van der Waals surface area contributed by atoms with Crippen LogP contribution >= 0.6 is 0 Å². The summed E-state index contributed by atoms with van der Waals surface area (Å²) >= 11 is 0. The second-order valence-corrected chi connectivity index (χ2v) is 4.88. The van der Waals surface area contributed by atoms with Crippen molar-refractivity contribution in [2.24, 2.45) is 0 Å². The Bertz CT molecular complexity index is 584. The third-order valence-electron chi connectivity index (χ3n) is 3.44. The zero-order valence-electron chi connectivity index (χ0n) is 11.8. The second kappa shape index (κ2) is 6.97. The Morgan fingerprint density at radius 1 is 1.10 bits per heavy atom. The van der Waals surface area contributed by atoms with Crippen molar-refractivity contribution in [2.75, 3.05) is 6.61 Å².